The molecule has 0 amide bonds. The topological polar surface area (TPSA) is 143 Å². The van der Waals surface area contributed by atoms with Gasteiger partial charge in [-0.2, -0.15) is 15.0 Å². The number of anilines is 1. The Bertz CT molecular complexity index is 1860. The number of benzene rings is 1. The summed E-state index contributed by atoms with van der Waals surface area (Å²) in [7, 11) is 0. The van der Waals surface area contributed by atoms with Gasteiger partial charge in [0, 0.05) is 43.8 Å². The normalized spacial score (nSPS) is 10.8. The second-order valence-corrected chi connectivity index (χ2v) is 11.9. The third-order valence-corrected chi connectivity index (χ3v) is 8.40. The van der Waals surface area contributed by atoms with Crippen LogP contribution < -0.4 is 10.9 Å². The molecule has 0 atom stereocenters. The van der Waals surface area contributed by atoms with Crippen molar-refractivity contribution < 1.29 is 14.7 Å². The van der Waals surface area contributed by atoms with Crippen molar-refractivity contribution in [2.75, 3.05) is 5.32 Å². The maximum Gasteiger partial charge on any atom is 0.335 e. The van der Waals surface area contributed by atoms with Crippen LogP contribution in [-0.2, 0) is 13.1 Å². The lowest BCUT2D eigenvalue weighted by molar-refractivity contribution is 0.0697. The number of hydrogen-bond donors (Lipinski definition) is 2. The van der Waals surface area contributed by atoms with Crippen LogP contribution in [-0.4, -0.2) is 36.3 Å². The van der Waals surface area contributed by atoms with Crippen LogP contribution >= 0.6 is 50.2 Å². The van der Waals surface area contributed by atoms with E-state index in [1.807, 2.05) is 6.07 Å². The summed E-state index contributed by atoms with van der Waals surface area (Å²) in [4.78, 5) is 43.6. The van der Waals surface area contributed by atoms with E-state index in [0.29, 0.717) is 14.4 Å². The van der Waals surface area contributed by atoms with Crippen LogP contribution in [0.5, 0.6) is 0 Å². The lowest BCUT2D eigenvalue weighted by atomic mass is 10.1. The molecule has 2 N–H and O–H groups in total. The number of aromatic nitrogens is 4. The van der Waals surface area contributed by atoms with Gasteiger partial charge in [0.05, 0.1) is 28.5 Å². The molecule has 10 nitrogen and oxygen atoms in total. The zero-order valence-electron chi connectivity index (χ0n) is 20.2. The number of hydrogen-bond acceptors (Lipinski definition) is 9. The molecule has 0 saturated carbocycles. The Balaban J connectivity index is 1.65. The fourth-order valence-corrected chi connectivity index (χ4v) is 5.99. The maximum absolute atomic E-state index is 13.7. The van der Waals surface area contributed by atoms with Crippen LogP contribution in [0.2, 0.25) is 4.34 Å². The van der Waals surface area contributed by atoms with Gasteiger partial charge in [0.1, 0.15) is 17.3 Å². The first-order valence-corrected chi connectivity index (χ1v) is 14.3. The molecule has 40 heavy (non-hydrogen) atoms. The standard InChI is InChI=1S/C26H16BrClN6O4S2/c27-20-7-22(35)33(11-17-9-30-13-39-17)12-19(20)23-18(8-29)24(31-10-16-4-5-21(28)40-16)34(32-23)25(36)14-2-1-3-15(6-14)26(37)38/h1-7,9,12-13,31H,10-11H2,(H,37,38). The summed E-state index contributed by atoms with van der Waals surface area (Å²) in [6.45, 7) is 0.503. The van der Waals surface area contributed by atoms with Gasteiger partial charge in [-0.25, -0.2) is 4.79 Å². The number of carboxylic acid groups (broad SMARTS) is 1. The molecule has 0 spiro atoms. The molecule has 4 heterocycles. The number of thiophene rings is 1. The average Bonchev–Trinajstić information content (AvgIpc) is 3.68. The molecule has 0 aliphatic heterocycles. The average molecular weight is 656 g/mol. The van der Waals surface area contributed by atoms with Crippen molar-refractivity contribution in [1.82, 2.24) is 19.3 Å². The zero-order chi connectivity index (χ0) is 28.4. The van der Waals surface area contributed by atoms with Crippen molar-refractivity contribution >= 4 is 67.9 Å². The van der Waals surface area contributed by atoms with Gasteiger partial charge in [0.2, 0.25) is 0 Å². The van der Waals surface area contributed by atoms with E-state index in [4.69, 9.17) is 11.6 Å². The minimum absolute atomic E-state index is 0.0640. The van der Waals surface area contributed by atoms with Gasteiger partial charge in [-0.05, 0) is 46.3 Å². The molecule has 0 fully saturated rings. The molecule has 14 heteroatoms. The number of carbonyl (C=O) groups excluding carboxylic acids is 1. The SMILES string of the molecule is N#Cc1c(-c2cn(Cc3cncs3)c(=O)cc2Br)nn(C(=O)c2cccc(C(=O)O)c2)c1NCc1ccc(Cl)s1. The molecule has 0 saturated heterocycles. The second-order valence-electron chi connectivity index (χ2n) is 8.32. The summed E-state index contributed by atoms with van der Waals surface area (Å²) in [6.07, 6.45) is 3.23. The molecule has 200 valence electrons. The fraction of sp³-hybridized carbons (Fsp3) is 0.0769. The maximum atomic E-state index is 13.7. The molecule has 5 rings (SSSR count). The number of nitrogens with zero attached hydrogens (tertiary/aromatic N) is 5. The molecule has 0 aliphatic carbocycles. The monoisotopic (exact) mass is 654 g/mol. The van der Waals surface area contributed by atoms with E-state index >= 15 is 0 Å². The molecule has 0 radical (unpaired) electrons. The van der Waals surface area contributed by atoms with Crippen LogP contribution in [0, 0.1) is 11.3 Å². The molecular formula is C26H16BrClN6O4S2. The number of pyridine rings is 1. The van der Waals surface area contributed by atoms with Gasteiger partial charge in [0.25, 0.3) is 11.5 Å². The molecular weight excluding hydrogens is 640 g/mol. The lowest BCUT2D eigenvalue weighted by Crippen LogP contribution is -2.19. The zero-order valence-corrected chi connectivity index (χ0v) is 24.1. The summed E-state index contributed by atoms with van der Waals surface area (Å²) in [5.41, 5.74) is 2.01. The van der Waals surface area contributed by atoms with E-state index < -0.39 is 11.9 Å². The summed E-state index contributed by atoms with van der Waals surface area (Å²) in [5, 5.41) is 27.3. The summed E-state index contributed by atoms with van der Waals surface area (Å²) >= 11 is 12.2. The highest BCUT2D eigenvalue weighted by atomic mass is 79.9. The van der Waals surface area contributed by atoms with Crippen molar-refractivity contribution in [2.24, 2.45) is 0 Å². The van der Waals surface area contributed by atoms with E-state index in [9.17, 15) is 24.8 Å². The lowest BCUT2D eigenvalue weighted by Gasteiger charge is -2.09. The quantitative estimate of drug-likeness (QED) is 0.221. The van der Waals surface area contributed by atoms with E-state index in [2.05, 4.69) is 37.4 Å². The van der Waals surface area contributed by atoms with E-state index in [1.54, 1.807) is 24.0 Å². The minimum Gasteiger partial charge on any atom is -0.478 e. The Morgan fingerprint density at radius 2 is 1.98 bits per heavy atom. The van der Waals surface area contributed by atoms with Gasteiger partial charge < -0.3 is 15.0 Å². The van der Waals surface area contributed by atoms with E-state index in [-0.39, 0.29) is 46.9 Å². The third-order valence-electron chi connectivity index (χ3n) is 5.75. The van der Waals surface area contributed by atoms with Crippen molar-refractivity contribution in [3.8, 4) is 17.3 Å². The first-order valence-electron chi connectivity index (χ1n) is 11.4. The molecule has 0 unspecified atom stereocenters. The molecule has 1 aromatic carbocycles. The predicted octanol–water partition coefficient (Wildman–Crippen LogP) is 5.56. The highest BCUT2D eigenvalue weighted by Gasteiger charge is 2.26. The Kier molecular flexibility index (Phi) is 7.95. The van der Waals surface area contributed by atoms with E-state index in [0.717, 1.165) is 14.4 Å². The highest BCUT2D eigenvalue weighted by Crippen LogP contribution is 2.34. The minimum atomic E-state index is -1.19. The first-order chi connectivity index (χ1) is 19.2. The van der Waals surface area contributed by atoms with Crippen LogP contribution in [0.1, 0.15) is 36.0 Å². The molecule has 0 bridgehead atoms. The Labute approximate surface area is 247 Å². The number of halogens is 2. The van der Waals surface area contributed by atoms with Crippen molar-refractivity contribution in [3.63, 3.8) is 0 Å². The van der Waals surface area contributed by atoms with Crippen LogP contribution in [0.25, 0.3) is 11.3 Å². The number of nitriles is 1. The Morgan fingerprint density at radius 1 is 1.18 bits per heavy atom. The van der Waals surface area contributed by atoms with Crippen molar-refractivity contribution in [1.29, 1.82) is 5.26 Å². The van der Waals surface area contributed by atoms with Crippen LogP contribution in [0.15, 0.2) is 69.6 Å². The largest absolute Gasteiger partial charge is 0.478 e. The Morgan fingerprint density at radius 3 is 2.65 bits per heavy atom. The summed E-state index contributed by atoms with van der Waals surface area (Å²) < 4.78 is 3.47. The number of carboxylic acids is 1. The van der Waals surface area contributed by atoms with Crippen molar-refractivity contribution in [2.45, 2.75) is 13.1 Å². The molecule has 0 aliphatic rings. The third kappa shape index (κ3) is 5.61. The Hall–Kier alpha value is -4.09. The number of nitrogens with one attached hydrogen (secondary N) is 1. The molecule has 4 aromatic heterocycles. The number of carbonyl (C=O) groups is 2. The fourth-order valence-electron chi connectivity index (χ4n) is 3.88. The second kappa shape index (κ2) is 11.6. The van der Waals surface area contributed by atoms with E-state index in [1.165, 1.54) is 57.6 Å². The number of thiazole rings is 1. The first kappa shape index (κ1) is 27.5. The van der Waals surface area contributed by atoms with Crippen LogP contribution in [0.4, 0.5) is 5.82 Å². The number of aromatic carboxylic acids is 1. The highest BCUT2D eigenvalue weighted by molar-refractivity contribution is 9.10. The smallest absolute Gasteiger partial charge is 0.335 e. The molecule has 5 aromatic rings. The van der Waals surface area contributed by atoms with Crippen LogP contribution in [0.3, 0.4) is 0 Å². The van der Waals surface area contributed by atoms with Gasteiger partial charge >= 0.3 is 5.97 Å². The van der Waals surface area contributed by atoms with Crippen molar-refractivity contribution in [3.05, 3.63) is 106 Å². The summed E-state index contributed by atoms with van der Waals surface area (Å²) in [6, 6.07) is 12.6. The predicted molar refractivity (Wildman–Crippen MR) is 155 cm³/mol. The van der Waals surface area contributed by atoms with Gasteiger partial charge in [0.15, 0.2) is 5.82 Å². The number of rotatable bonds is 8. The van der Waals surface area contributed by atoms with Gasteiger partial charge in [-0.1, -0.05) is 17.7 Å². The summed E-state index contributed by atoms with van der Waals surface area (Å²) in [5.74, 6) is -1.72. The van der Waals surface area contributed by atoms with Gasteiger partial charge in [-0.3, -0.25) is 14.6 Å². The van der Waals surface area contributed by atoms with Gasteiger partial charge in [-0.15, -0.1) is 22.7 Å².